The largest absolute Gasteiger partial charge is 0.334 e. The van der Waals surface area contributed by atoms with E-state index in [4.69, 9.17) is 11.6 Å². The van der Waals surface area contributed by atoms with Gasteiger partial charge in [0.15, 0.2) is 0 Å². The van der Waals surface area contributed by atoms with E-state index in [0.717, 1.165) is 25.7 Å². The van der Waals surface area contributed by atoms with Crippen LogP contribution in [-0.4, -0.2) is 33.8 Å². The molecule has 0 saturated heterocycles. The number of alkyl halides is 1. The van der Waals surface area contributed by atoms with E-state index in [1.807, 2.05) is 4.90 Å². The van der Waals surface area contributed by atoms with Crippen molar-refractivity contribution in [1.29, 1.82) is 0 Å². The number of pyridine rings is 1. The lowest BCUT2D eigenvalue weighted by Crippen LogP contribution is -2.43. The van der Waals surface area contributed by atoms with Gasteiger partial charge in [0.1, 0.15) is 0 Å². The molecule has 0 radical (unpaired) electrons. The minimum absolute atomic E-state index is 0.0738. The van der Waals surface area contributed by atoms with Gasteiger partial charge in [-0.2, -0.15) is 0 Å². The van der Waals surface area contributed by atoms with E-state index in [1.165, 1.54) is 17.1 Å². The van der Waals surface area contributed by atoms with Gasteiger partial charge < -0.3 is 9.47 Å². The quantitative estimate of drug-likeness (QED) is 0.801. The first kappa shape index (κ1) is 15.1. The molecule has 1 amide bonds. The number of nitrogens with zero attached hydrogens (tertiary/aromatic N) is 2. The van der Waals surface area contributed by atoms with Crippen molar-refractivity contribution in [3.63, 3.8) is 0 Å². The maximum Gasteiger partial charge on any atom is 0.254 e. The summed E-state index contributed by atoms with van der Waals surface area (Å²) < 4.78 is 1.46. The van der Waals surface area contributed by atoms with Crippen LogP contribution in [0.2, 0.25) is 0 Å². The van der Waals surface area contributed by atoms with E-state index in [2.05, 4.69) is 0 Å². The molecular weight excluding hydrogens is 276 g/mol. The van der Waals surface area contributed by atoms with Crippen LogP contribution in [0.4, 0.5) is 0 Å². The maximum atomic E-state index is 12.6. The van der Waals surface area contributed by atoms with Gasteiger partial charge in [-0.25, -0.2) is 0 Å². The minimum atomic E-state index is -0.162. The third kappa shape index (κ3) is 3.42. The Hall–Kier alpha value is -1.29. The number of hydrogen-bond donors (Lipinski definition) is 0. The summed E-state index contributed by atoms with van der Waals surface area (Å²) in [5.74, 6) is 0.350. The number of hydrogen-bond acceptors (Lipinski definition) is 2. The van der Waals surface area contributed by atoms with E-state index in [0.29, 0.717) is 18.0 Å². The summed E-state index contributed by atoms with van der Waals surface area (Å²) in [5.41, 5.74) is 0.300. The fraction of sp³-hybridized carbons (Fsp3) is 0.600. The molecule has 0 unspecified atom stereocenters. The summed E-state index contributed by atoms with van der Waals surface area (Å²) in [6.45, 7) is 0.542. The van der Waals surface area contributed by atoms with Crippen LogP contribution in [0.15, 0.2) is 23.1 Å². The molecule has 1 fully saturated rings. The number of rotatable bonds is 4. The van der Waals surface area contributed by atoms with E-state index in [1.54, 1.807) is 19.3 Å². The fourth-order valence-corrected chi connectivity index (χ4v) is 2.96. The highest BCUT2D eigenvalue weighted by Crippen LogP contribution is 2.23. The van der Waals surface area contributed by atoms with Crippen LogP contribution in [0, 0.1) is 0 Å². The molecular formula is C15H21ClN2O2. The minimum Gasteiger partial charge on any atom is -0.334 e. The van der Waals surface area contributed by atoms with Crippen molar-refractivity contribution in [3.05, 3.63) is 34.2 Å². The Morgan fingerprint density at radius 1 is 1.40 bits per heavy atom. The monoisotopic (exact) mass is 296 g/mol. The molecule has 1 saturated carbocycles. The number of halogens is 1. The summed E-state index contributed by atoms with van der Waals surface area (Å²) in [7, 11) is 1.67. The smallest absolute Gasteiger partial charge is 0.254 e. The van der Waals surface area contributed by atoms with Gasteiger partial charge in [-0.15, -0.1) is 11.6 Å². The van der Waals surface area contributed by atoms with Crippen LogP contribution < -0.4 is 5.56 Å². The predicted octanol–water partition coefficient (Wildman–Crippen LogP) is 2.40. The molecule has 5 heteroatoms. The fourth-order valence-electron chi connectivity index (χ4n) is 2.78. The van der Waals surface area contributed by atoms with Crippen LogP contribution in [-0.2, 0) is 7.05 Å². The van der Waals surface area contributed by atoms with Gasteiger partial charge >= 0.3 is 0 Å². The predicted molar refractivity (Wildman–Crippen MR) is 80.3 cm³/mol. The van der Waals surface area contributed by atoms with Crippen molar-refractivity contribution in [2.75, 3.05) is 12.4 Å². The molecule has 0 atom stereocenters. The van der Waals surface area contributed by atoms with Crippen molar-refractivity contribution in [2.24, 2.45) is 7.05 Å². The van der Waals surface area contributed by atoms with Crippen molar-refractivity contribution in [1.82, 2.24) is 9.47 Å². The van der Waals surface area contributed by atoms with Gasteiger partial charge in [0.05, 0.1) is 0 Å². The first-order chi connectivity index (χ1) is 9.63. The number of aryl methyl sites for hydroxylation is 1. The number of carbonyl (C=O) groups is 1. The Labute approximate surface area is 124 Å². The lowest BCUT2D eigenvalue weighted by atomic mass is 9.94. The second-order valence-electron chi connectivity index (χ2n) is 5.34. The Bertz CT molecular complexity index is 521. The highest BCUT2D eigenvalue weighted by Gasteiger charge is 2.25. The normalized spacial score (nSPS) is 16.1. The molecule has 1 aromatic heterocycles. The van der Waals surface area contributed by atoms with Gasteiger partial charge in [0.25, 0.3) is 11.5 Å². The van der Waals surface area contributed by atoms with Crippen LogP contribution >= 0.6 is 11.6 Å². The Balaban J connectivity index is 2.21. The van der Waals surface area contributed by atoms with E-state index in [9.17, 15) is 9.59 Å². The standard InChI is InChI=1S/C15H21ClN2O2/c1-17-9-7-12(11-14(17)19)15(20)18(10-8-16)13-5-3-2-4-6-13/h7,9,11,13H,2-6,8,10H2,1H3. The van der Waals surface area contributed by atoms with Gasteiger partial charge in [-0.3, -0.25) is 9.59 Å². The van der Waals surface area contributed by atoms with Crippen LogP contribution in [0.25, 0.3) is 0 Å². The zero-order valence-corrected chi connectivity index (χ0v) is 12.6. The van der Waals surface area contributed by atoms with E-state index < -0.39 is 0 Å². The van der Waals surface area contributed by atoms with Gasteiger partial charge in [0.2, 0.25) is 0 Å². The molecule has 4 nitrogen and oxygen atoms in total. The second kappa shape index (κ2) is 6.93. The highest BCUT2D eigenvalue weighted by molar-refractivity contribution is 6.18. The molecule has 0 N–H and O–H groups in total. The summed E-state index contributed by atoms with van der Waals surface area (Å²) in [5, 5.41) is 0. The van der Waals surface area contributed by atoms with Crippen LogP contribution in [0.3, 0.4) is 0 Å². The molecule has 20 heavy (non-hydrogen) atoms. The molecule has 0 spiro atoms. The van der Waals surface area contributed by atoms with Gasteiger partial charge in [-0.1, -0.05) is 19.3 Å². The highest BCUT2D eigenvalue weighted by atomic mass is 35.5. The van der Waals surface area contributed by atoms with Crippen molar-refractivity contribution in [3.8, 4) is 0 Å². The van der Waals surface area contributed by atoms with Crippen molar-refractivity contribution in [2.45, 2.75) is 38.1 Å². The van der Waals surface area contributed by atoms with Gasteiger partial charge in [0, 0.05) is 43.3 Å². The lowest BCUT2D eigenvalue weighted by Gasteiger charge is -2.34. The summed E-state index contributed by atoms with van der Waals surface area (Å²) in [6.07, 6.45) is 7.27. The Kier molecular flexibility index (Phi) is 5.24. The van der Waals surface area contributed by atoms with Crippen LogP contribution in [0.5, 0.6) is 0 Å². The maximum absolute atomic E-state index is 12.6. The third-order valence-electron chi connectivity index (χ3n) is 3.95. The van der Waals surface area contributed by atoms with E-state index in [-0.39, 0.29) is 17.5 Å². The molecule has 1 heterocycles. The summed E-state index contributed by atoms with van der Waals surface area (Å²) in [4.78, 5) is 26.1. The average Bonchev–Trinajstić information content (AvgIpc) is 2.48. The number of aromatic nitrogens is 1. The topological polar surface area (TPSA) is 42.3 Å². The van der Waals surface area contributed by atoms with Crippen molar-refractivity contribution < 1.29 is 4.79 Å². The zero-order valence-electron chi connectivity index (χ0n) is 11.8. The number of carbonyl (C=O) groups excluding carboxylic acids is 1. The SMILES string of the molecule is Cn1ccc(C(=O)N(CCCl)C2CCCCC2)cc1=O. The first-order valence-electron chi connectivity index (χ1n) is 7.17. The summed E-state index contributed by atoms with van der Waals surface area (Å²) >= 11 is 5.84. The van der Waals surface area contributed by atoms with Crippen LogP contribution in [0.1, 0.15) is 42.5 Å². The number of amides is 1. The zero-order chi connectivity index (χ0) is 14.5. The molecule has 0 bridgehead atoms. The molecule has 0 aromatic carbocycles. The lowest BCUT2D eigenvalue weighted by molar-refractivity contribution is 0.0649. The van der Waals surface area contributed by atoms with Crippen molar-refractivity contribution >= 4 is 17.5 Å². The Morgan fingerprint density at radius 3 is 2.70 bits per heavy atom. The van der Waals surface area contributed by atoms with E-state index >= 15 is 0 Å². The molecule has 110 valence electrons. The average molecular weight is 297 g/mol. The first-order valence-corrected chi connectivity index (χ1v) is 7.70. The second-order valence-corrected chi connectivity index (χ2v) is 5.72. The van der Waals surface area contributed by atoms with Gasteiger partial charge in [-0.05, 0) is 18.9 Å². The molecule has 2 rings (SSSR count). The Morgan fingerprint density at radius 2 is 2.10 bits per heavy atom. The molecule has 0 aliphatic heterocycles. The molecule has 1 aliphatic carbocycles. The summed E-state index contributed by atoms with van der Waals surface area (Å²) in [6, 6.07) is 3.37. The third-order valence-corrected chi connectivity index (χ3v) is 4.12. The molecule has 1 aliphatic rings. The molecule has 1 aromatic rings.